The molecule has 5 heteroatoms. The molecule has 0 spiro atoms. The molecule has 0 aliphatic carbocycles. The van der Waals surface area contributed by atoms with E-state index in [1.54, 1.807) is 30.3 Å². The van der Waals surface area contributed by atoms with Crippen molar-refractivity contribution in [2.75, 3.05) is 0 Å². The molecule has 0 bridgehead atoms. The van der Waals surface area contributed by atoms with E-state index in [0.717, 1.165) is 11.1 Å². The van der Waals surface area contributed by atoms with Crippen molar-refractivity contribution in [3.8, 4) is 6.07 Å². The van der Waals surface area contributed by atoms with Crippen molar-refractivity contribution in [1.29, 1.82) is 5.26 Å². The van der Waals surface area contributed by atoms with E-state index in [0.29, 0.717) is 15.6 Å². The molecular formula is C15H10Cl2N2O. The van der Waals surface area contributed by atoms with Gasteiger partial charge in [-0.15, -0.1) is 0 Å². The van der Waals surface area contributed by atoms with E-state index >= 15 is 0 Å². The molecule has 0 N–H and O–H groups in total. The highest BCUT2D eigenvalue weighted by Crippen LogP contribution is 2.21. The maximum absolute atomic E-state index is 8.94. The lowest BCUT2D eigenvalue weighted by Gasteiger charge is -2.02. The second kappa shape index (κ2) is 6.95. The van der Waals surface area contributed by atoms with Crippen molar-refractivity contribution < 1.29 is 4.84 Å². The molecule has 0 unspecified atom stereocenters. The minimum absolute atomic E-state index is 0.238. The van der Waals surface area contributed by atoms with Crippen LogP contribution >= 0.6 is 23.2 Å². The predicted molar refractivity (Wildman–Crippen MR) is 80.0 cm³/mol. The minimum Gasteiger partial charge on any atom is -0.391 e. The SMILES string of the molecule is N#Cc1ccccc1CON=Cc1ccc(Cl)c(Cl)c1. The van der Waals surface area contributed by atoms with Gasteiger partial charge in [-0.25, -0.2) is 0 Å². The van der Waals surface area contributed by atoms with E-state index in [-0.39, 0.29) is 6.61 Å². The van der Waals surface area contributed by atoms with Crippen LogP contribution in [0.5, 0.6) is 0 Å². The third kappa shape index (κ3) is 3.74. The molecule has 0 aliphatic rings. The highest BCUT2D eigenvalue weighted by atomic mass is 35.5. The fraction of sp³-hybridized carbons (Fsp3) is 0.0667. The summed E-state index contributed by atoms with van der Waals surface area (Å²) < 4.78 is 0. The van der Waals surface area contributed by atoms with Crippen LogP contribution < -0.4 is 0 Å². The molecular weight excluding hydrogens is 295 g/mol. The zero-order valence-corrected chi connectivity index (χ0v) is 11.9. The molecule has 0 atom stereocenters. The standard InChI is InChI=1S/C15H10Cl2N2O/c16-14-6-5-11(7-15(14)17)9-19-20-10-13-4-2-1-3-12(13)8-18/h1-7,9H,10H2. The molecule has 3 nitrogen and oxygen atoms in total. The lowest BCUT2D eigenvalue weighted by atomic mass is 10.1. The zero-order valence-electron chi connectivity index (χ0n) is 10.4. The maximum Gasteiger partial charge on any atom is 0.143 e. The molecule has 0 saturated carbocycles. The van der Waals surface area contributed by atoms with Crippen LogP contribution in [0.15, 0.2) is 47.6 Å². The Labute approximate surface area is 127 Å². The molecule has 0 amide bonds. The largest absolute Gasteiger partial charge is 0.391 e. The minimum atomic E-state index is 0.238. The highest BCUT2D eigenvalue weighted by Gasteiger charge is 2.00. The summed E-state index contributed by atoms with van der Waals surface area (Å²) in [5, 5.41) is 13.7. The Morgan fingerprint density at radius 2 is 1.95 bits per heavy atom. The highest BCUT2D eigenvalue weighted by molar-refractivity contribution is 6.42. The Morgan fingerprint density at radius 3 is 2.70 bits per heavy atom. The number of nitrogens with zero attached hydrogens (tertiary/aromatic N) is 2. The summed E-state index contributed by atoms with van der Waals surface area (Å²) in [6.45, 7) is 0.238. The molecule has 2 aromatic carbocycles. The summed E-state index contributed by atoms with van der Waals surface area (Å²) in [4.78, 5) is 5.18. The zero-order chi connectivity index (χ0) is 14.4. The van der Waals surface area contributed by atoms with Gasteiger partial charge in [0.1, 0.15) is 6.61 Å². The van der Waals surface area contributed by atoms with Crippen LogP contribution in [-0.4, -0.2) is 6.21 Å². The Kier molecular flexibility index (Phi) is 5.00. The average molecular weight is 305 g/mol. The van der Waals surface area contributed by atoms with Gasteiger partial charge in [0.2, 0.25) is 0 Å². The number of hydrogen-bond donors (Lipinski definition) is 0. The first-order chi connectivity index (χ1) is 9.70. The van der Waals surface area contributed by atoms with E-state index in [4.69, 9.17) is 33.3 Å². The Hall–Kier alpha value is -2.02. The number of oxime groups is 1. The van der Waals surface area contributed by atoms with Crippen LogP contribution in [0.3, 0.4) is 0 Å². The van der Waals surface area contributed by atoms with Crippen molar-refractivity contribution in [1.82, 2.24) is 0 Å². The first kappa shape index (κ1) is 14.4. The monoisotopic (exact) mass is 304 g/mol. The van der Waals surface area contributed by atoms with Crippen LogP contribution in [0, 0.1) is 11.3 Å². The van der Waals surface area contributed by atoms with Gasteiger partial charge in [-0.3, -0.25) is 0 Å². The summed E-state index contributed by atoms with van der Waals surface area (Å²) in [6, 6.07) is 14.5. The lowest BCUT2D eigenvalue weighted by Crippen LogP contribution is -1.92. The first-order valence-electron chi connectivity index (χ1n) is 5.79. The smallest absolute Gasteiger partial charge is 0.143 e. The van der Waals surface area contributed by atoms with Gasteiger partial charge in [0.15, 0.2) is 0 Å². The fourth-order valence-corrected chi connectivity index (χ4v) is 1.86. The molecule has 2 rings (SSSR count). The third-order valence-corrected chi connectivity index (χ3v) is 3.32. The molecule has 0 aromatic heterocycles. The van der Waals surface area contributed by atoms with Crippen LogP contribution in [-0.2, 0) is 11.4 Å². The number of halogens is 2. The van der Waals surface area contributed by atoms with Crippen molar-refractivity contribution in [3.05, 3.63) is 69.2 Å². The summed E-state index contributed by atoms with van der Waals surface area (Å²) in [5.41, 5.74) is 2.16. The van der Waals surface area contributed by atoms with Gasteiger partial charge in [0.25, 0.3) is 0 Å². The van der Waals surface area contributed by atoms with Crippen LogP contribution in [0.4, 0.5) is 0 Å². The van der Waals surface area contributed by atoms with Crippen molar-refractivity contribution in [2.24, 2.45) is 5.16 Å². The van der Waals surface area contributed by atoms with Gasteiger partial charge in [0, 0.05) is 5.56 Å². The predicted octanol–water partition coefficient (Wildman–Crippen LogP) is 4.42. The Balaban J connectivity index is 1.97. The van der Waals surface area contributed by atoms with Crippen molar-refractivity contribution >= 4 is 29.4 Å². The average Bonchev–Trinajstić information content (AvgIpc) is 2.47. The number of benzene rings is 2. The van der Waals surface area contributed by atoms with E-state index < -0.39 is 0 Å². The molecule has 0 heterocycles. The molecule has 0 radical (unpaired) electrons. The molecule has 0 saturated heterocycles. The molecule has 2 aromatic rings. The van der Waals surface area contributed by atoms with Gasteiger partial charge in [0.05, 0.1) is 27.9 Å². The van der Waals surface area contributed by atoms with Gasteiger partial charge >= 0.3 is 0 Å². The van der Waals surface area contributed by atoms with E-state index in [1.165, 1.54) is 6.21 Å². The Bertz CT molecular complexity index is 678. The van der Waals surface area contributed by atoms with Crippen molar-refractivity contribution in [2.45, 2.75) is 6.61 Å². The maximum atomic E-state index is 8.94. The molecule has 0 aliphatic heterocycles. The quantitative estimate of drug-likeness (QED) is 0.620. The van der Waals surface area contributed by atoms with Crippen LogP contribution in [0.25, 0.3) is 0 Å². The number of nitriles is 1. The van der Waals surface area contributed by atoms with E-state index in [2.05, 4.69) is 11.2 Å². The Morgan fingerprint density at radius 1 is 1.15 bits per heavy atom. The normalized spacial score (nSPS) is 10.4. The van der Waals surface area contributed by atoms with Gasteiger partial charge in [-0.05, 0) is 23.8 Å². The summed E-state index contributed by atoms with van der Waals surface area (Å²) in [7, 11) is 0. The lowest BCUT2D eigenvalue weighted by molar-refractivity contribution is 0.132. The fourth-order valence-electron chi connectivity index (χ4n) is 1.55. The second-order valence-electron chi connectivity index (χ2n) is 3.95. The molecule has 100 valence electrons. The topological polar surface area (TPSA) is 45.4 Å². The number of rotatable bonds is 4. The summed E-state index contributed by atoms with van der Waals surface area (Å²) in [5.74, 6) is 0. The molecule has 0 fully saturated rings. The van der Waals surface area contributed by atoms with Gasteiger partial charge < -0.3 is 4.84 Å². The first-order valence-corrected chi connectivity index (χ1v) is 6.54. The molecule has 20 heavy (non-hydrogen) atoms. The summed E-state index contributed by atoms with van der Waals surface area (Å²) in [6.07, 6.45) is 1.54. The van der Waals surface area contributed by atoms with Crippen molar-refractivity contribution in [3.63, 3.8) is 0 Å². The van der Waals surface area contributed by atoms with Crippen LogP contribution in [0.2, 0.25) is 10.0 Å². The van der Waals surface area contributed by atoms with Crippen LogP contribution in [0.1, 0.15) is 16.7 Å². The third-order valence-electron chi connectivity index (χ3n) is 2.58. The van der Waals surface area contributed by atoms with E-state index in [1.807, 2.05) is 12.1 Å². The van der Waals surface area contributed by atoms with Gasteiger partial charge in [-0.2, -0.15) is 5.26 Å². The van der Waals surface area contributed by atoms with E-state index in [9.17, 15) is 0 Å². The summed E-state index contributed by atoms with van der Waals surface area (Å²) >= 11 is 11.7. The second-order valence-corrected chi connectivity index (χ2v) is 4.76. The number of hydrogen-bond acceptors (Lipinski definition) is 3. The van der Waals surface area contributed by atoms with Gasteiger partial charge in [-0.1, -0.05) is 52.6 Å².